The SMILES string of the molecule is C=C=CC1C[C@@H](C(=O)CCCc2cc(-c3cnc(C(F)(F)F)nc3)ccc2C(N)=O)N(S(=O)(=O)c2ccc(F)cc2)C1. The maximum Gasteiger partial charge on any atom is 0.451 e. The molecule has 1 amide bonds. The summed E-state index contributed by atoms with van der Waals surface area (Å²) in [7, 11) is -4.11. The highest BCUT2D eigenvalue weighted by atomic mass is 32.2. The topological polar surface area (TPSA) is 123 Å². The van der Waals surface area contributed by atoms with Gasteiger partial charge in [-0.25, -0.2) is 22.8 Å². The molecule has 0 bridgehead atoms. The van der Waals surface area contributed by atoms with Gasteiger partial charge in [0.15, 0.2) is 5.78 Å². The molecular weight excluding hydrogens is 576 g/mol. The van der Waals surface area contributed by atoms with Crippen molar-refractivity contribution in [1.82, 2.24) is 14.3 Å². The molecule has 220 valence electrons. The second kappa shape index (κ2) is 12.4. The van der Waals surface area contributed by atoms with E-state index >= 15 is 0 Å². The Morgan fingerprint density at radius 2 is 1.76 bits per heavy atom. The second-order valence-electron chi connectivity index (χ2n) is 9.76. The van der Waals surface area contributed by atoms with Gasteiger partial charge >= 0.3 is 6.18 Å². The number of hydrogen-bond donors (Lipinski definition) is 1. The summed E-state index contributed by atoms with van der Waals surface area (Å²) in [5.41, 5.74) is 9.51. The number of aryl methyl sites for hydroxylation is 1. The monoisotopic (exact) mass is 602 g/mol. The Bertz CT molecular complexity index is 1640. The summed E-state index contributed by atoms with van der Waals surface area (Å²) in [5.74, 6) is -3.24. The van der Waals surface area contributed by atoms with Crippen LogP contribution in [0.5, 0.6) is 0 Å². The van der Waals surface area contributed by atoms with Gasteiger partial charge in [0.2, 0.25) is 21.8 Å². The highest BCUT2D eigenvalue weighted by Crippen LogP contribution is 2.32. The predicted molar refractivity (Wildman–Crippen MR) is 145 cm³/mol. The third-order valence-corrected chi connectivity index (χ3v) is 8.80. The number of nitrogens with zero attached hydrogens (tertiary/aromatic N) is 3. The van der Waals surface area contributed by atoms with Gasteiger partial charge in [0.05, 0.1) is 10.9 Å². The van der Waals surface area contributed by atoms with Gasteiger partial charge in [-0.3, -0.25) is 9.59 Å². The van der Waals surface area contributed by atoms with Crippen molar-refractivity contribution in [2.45, 2.75) is 42.8 Å². The molecule has 0 spiro atoms. The molecule has 1 aliphatic heterocycles. The van der Waals surface area contributed by atoms with Gasteiger partial charge in [-0.2, -0.15) is 17.5 Å². The molecule has 13 heteroatoms. The first-order valence-corrected chi connectivity index (χ1v) is 14.2. The zero-order valence-electron chi connectivity index (χ0n) is 22.1. The highest BCUT2D eigenvalue weighted by molar-refractivity contribution is 7.89. The molecule has 1 aromatic heterocycles. The third kappa shape index (κ3) is 6.81. The van der Waals surface area contributed by atoms with Gasteiger partial charge < -0.3 is 5.73 Å². The minimum absolute atomic E-state index is 0.0295. The molecule has 2 atom stereocenters. The van der Waals surface area contributed by atoms with Gasteiger partial charge in [-0.05, 0) is 66.8 Å². The summed E-state index contributed by atoms with van der Waals surface area (Å²) < 4.78 is 79.7. The van der Waals surface area contributed by atoms with Gasteiger partial charge in [0.25, 0.3) is 0 Å². The summed E-state index contributed by atoms with van der Waals surface area (Å²) in [6.45, 7) is 3.56. The second-order valence-corrected chi connectivity index (χ2v) is 11.7. The van der Waals surface area contributed by atoms with Crippen LogP contribution in [-0.2, 0) is 27.4 Å². The van der Waals surface area contributed by atoms with Crippen LogP contribution in [0.2, 0.25) is 0 Å². The summed E-state index contributed by atoms with van der Waals surface area (Å²) in [6.07, 6.45) is -0.424. The average molecular weight is 603 g/mol. The van der Waals surface area contributed by atoms with E-state index in [-0.39, 0.29) is 60.0 Å². The number of benzene rings is 2. The van der Waals surface area contributed by atoms with Gasteiger partial charge in [-0.1, -0.05) is 18.7 Å². The maximum atomic E-state index is 13.4. The van der Waals surface area contributed by atoms with Crippen LogP contribution in [0.4, 0.5) is 17.6 Å². The van der Waals surface area contributed by atoms with Crippen LogP contribution in [0.1, 0.15) is 41.0 Å². The largest absolute Gasteiger partial charge is 0.451 e. The molecule has 2 N–H and O–H groups in total. The molecule has 0 radical (unpaired) electrons. The molecule has 2 heterocycles. The van der Waals surface area contributed by atoms with E-state index < -0.39 is 39.8 Å². The lowest BCUT2D eigenvalue weighted by atomic mass is 9.94. The number of aromatic nitrogens is 2. The fourth-order valence-electron chi connectivity index (χ4n) is 4.89. The van der Waals surface area contributed by atoms with Gasteiger partial charge in [-0.15, -0.1) is 5.73 Å². The summed E-state index contributed by atoms with van der Waals surface area (Å²) >= 11 is 0. The lowest BCUT2D eigenvalue weighted by Gasteiger charge is -2.23. The first-order chi connectivity index (χ1) is 19.8. The van der Waals surface area contributed by atoms with E-state index in [1.54, 1.807) is 12.1 Å². The Labute approximate surface area is 239 Å². The van der Waals surface area contributed by atoms with E-state index in [9.17, 15) is 35.6 Å². The molecule has 1 saturated heterocycles. The van der Waals surface area contributed by atoms with Crippen molar-refractivity contribution in [2.24, 2.45) is 11.7 Å². The van der Waals surface area contributed by atoms with Crippen molar-refractivity contribution in [1.29, 1.82) is 0 Å². The summed E-state index contributed by atoms with van der Waals surface area (Å²) in [6, 6.07) is 7.89. The molecule has 42 heavy (non-hydrogen) atoms. The van der Waals surface area contributed by atoms with Gasteiger partial charge in [0.1, 0.15) is 5.82 Å². The molecule has 3 aromatic rings. The van der Waals surface area contributed by atoms with Crippen LogP contribution >= 0.6 is 0 Å². The number of Topliss-reactive ketones (excluding diaryl/α,β-unsaturated/α-hetero) is 1. The lowest BCUT2D eigenvalue weighted by Crippen LogP contribution is -2.40. The minimum atomic E-state index is -4.69. The number of amides is 1. The van der Waals surface area contributed by atoms with E-state index in [2.05, 4.69) is 22.3 Å². The van der Waals surface area contributed by atoms with Crippen LogP contribution in [-0.4, -0.2) is 47.0 Å². The number of carbonyl (C=O) groups excluding carboxylic acids is 2. The summed E-state index contributed by atoms with van der Waals surface area (Å²) in [4.78, 5) is 31.9. The van der Waals surface area contributed by atoms with Crippen molar-refractivity contribution in [3.63, 3.8) is 0 Å². The molecule has 2 aromatic carbocycles. The number of alkyl halides is 3. The quantitative estimate of drug-likeness (QED) is 0.265. The Hall–Kier alpha value is -4.19. The number of hydrogen-bond acceptors (Lipinski definition) is 6. The molecule has 1 fully saturated rings. The number of ketones is 1. The summed E-state index contributed by atoms with van der Waals surface area (Å²) in [5, 5.41) is 0. The normalized spacial score (nSPS) is 17.5. The van der Waals surface area contributed by atoms with Gasteiger partial charge in [0, 0.05) is 42.4 Å². The number of sulfonamides is 1. The number of carbonyl (C=O) groups is 2. The van der Waals surface area contributed by atoms with Crippen LogP contribution in [0.3, 0.4) is 0 Å². The fraction of sp³-hybridized carbons (Fsp3) is 0.276. The standard InChI is InChI=1S/C29H26F4N4O4S/c1-2-4-18-13-25(37(17-18)42(40,41)23-10-8-22(30)9-11-23)26(38)6-3-5-20-14-19(7-12-24(20)27(34)39)21-15-35-28(36-16-21)29(31,32)33/h4,7-12,14-16,18,25H,1,3,5-6,13,17H2,(H2,34,39)/t18?,25-/m0/s1. The smallest absolute Gasteiger partial charge is 0.366 e. The Balaban J connectivity index is 1.52. The average Bonchev–Trinajstić information content (AvgIpc) is 3.38. The molecule has 1 aliphatic rings. The molecule has 8 nitrogen and oxygen atoms in total. The Kier molecular flexibility index (Phi) is 9.05. The van der Waals surface area contributed by atoms with E-state index in [0.717, 1.165) is 41.0 Å². The number of primary amides is 1. The van der Waals surface area contributed by atoms with Crippen molar-refractivity contribution in [3.05, 3.63) is 96.0 Å². The zero-order chi connectivity index (χ0) is 30.7. The molecule has 4 rings (SSSR count). The fourth-order valence-corrected chi connectivity index (χ4v) is 6.57. The van der Waals surface area contributed by atoms with Crippen molar-refractivity contribution >= 4 is 21.7 Å². The third-order valence-electron chi connectivity index (χ3n) is 6.91. The highest BCUT2D eigenvalue weighted by Gasteiger charge is 2.42. The number of rotatable bonds is 10. The molecule has 0 saturated carbocycles. The van der Waals surface area contributed by atoms with Crippen molar-refractivity contribution < 1.29 is 35.6 Å². The first-order valence-electron chi connectivity index (χ1n) is 12.8. The van der Waals surface area contributed by atoms with Crippen LogP contribution in [0, 0.1) is 11.7 Å². The molecular formula is C29H26F4N4O4S. The molecule has 0 aliphatic carbocycles. The first kappa shape index (κ1) is 30.8. The zero-order valence-corrected chi connectivity index (χ0v) is 23.0. The van der Waals surface area contributed by atoms with E-state index in [1.165, 1.54) is 12.1 Å². The van der Waals surface area contributed by atoms with Crippen LogP contribution in [0.15, 0.2) is 78.1 Å². The van der Waals surface area contributed by atoms with E-state index in [4.69, 9.17) is 5.73 Å². The van der Waals surface area contributed by atoms with Crippen molar-refractivity contribution in [2.75, 3.05) is 6.54 Å². The van der Waals surface area contributed by atoms with Crippen molar-refractivity contribution in [3.8, 4) is 11.1 Å². The number of nitrogens with two attached hydrogens (primary N) is 1. The number of halogens is 4. The van der Waals surface area contributed by atoms with E-state index in [0.29, 0.717) is 11.1 Å². The Morgan fingerprint density at radius 3 is 2.36 bits per heavy atom. The van der Waals surface area contributed by atoms with E-state index in [1.807, 2.05) is 0 Å². The lowest BCUT2D eigenvalue weighted by molar-refractivity contribution is -0.145. The maximum absolute atomic E-state index is 13.4. The molecule has 1 unspecified atom stereocenters. The minimum Gasteiger partial charge on any atom is -0.366 e. The predicted octanol–water partition coefficient (Wildman–Crippen LogP) is 4.71. The van der Waals surface area contributed by atoms with Crippen LogP contribution < -0.4 is 5.73 Å². The Morgan fingerprint density at radius 1 is 1.10 bits per heavy atom. The van der Waals surface area contributed by atoms with Crippen LogP contribution in [0.25, 0.3) is 11.1 Å².